The van der Waals surface area contributed by atoms with E-state index >= 15 is 0 Å². The van der Waals surface area contributed by atoms with E-state index < -0.39 is 5.97 Å². The van der Waals surface area contributed by atoms with Crippen LogP contribution >= 0.6 is 0 Å². The van der Waals surface area contributed by atoms with E-state index in [4.69, 9.17) is 5.11 Å². The van der Waals surface area contributed by atoms with Crippen molar-refractivity contribution in [1.82, 2.24) is 4.90 Å². The van der Waals surface area contributed by atoms with Crippen LogP contribution in [-0.4, -0.2) is 35.1 Å². The molecule has 0 aromatic heterocycles. The van der Waals surface area contributed by atoms with Crippen LogP contribution in [0.3, 0.4) is 0 Å². The van der Waals surface area contributed by atoms with Crippen molar-refractivity contribution in [3.05, 3.63) is 0 Å². The maximum atomic E-state index is 11.0. The first-order valence-corrected chi connectivity index (χ1v) is 5.15. The zero-order valence-electron chi connectivity index (χ0n) is 8.07. The van der Waals surface area contributed by atoms with Gasteiger partial charge in [0.25, 0.3) is 0 Å². The molecule has 0 heterocycles. The molecule has 0 spiro atoms. The highest BCUT2D eigenvalue weighted by molar-refractivity contribution is 5.74. The van der Waals surface area contributed by atoms with Gasteiger partial charge in [0, 0.05) is 6.04 Å². The van der Waals surface area contributed by atoms with Crippen molar-refractivity contribution in [2.75, 3.05) is 7.05 Å². The van der Waals surface area contributed by atoms with E-state index in [1.54, 1.807) is 0 Å². The average molecular weight is 183 g/mol. The standard InChI is InChI=1S/C10H17NO2/c1-11(8-3-2-4-8)9(10(12)13)7-5-6-7/h7-9H,2-6H2,1H3,(H,12,13). The first-order valence-electron chi connectivity index (χ1n) is 5.15. The number of likely N-dealkylation sites (N-methyl/N-ethyl adjacent to an activating group) is 1. The summed E-state index contributed by atoms with van der Waals surface area (Å²) < 4.78 is 0. The topological polar surface area (TPSA) is 40.5 Å². The summed E-state index contributed by atoms with van der Waals surface area (Å²) >= 11 is 0. The predicted octanol–water partition coefficient (Wildman–Crippen LogP) is 1.33. The first kappa shape index (κ1) is 9.00. The molecule has 2 aliphatic carbocycles. The number of carboxylic acids is 1. The van der Waals surface area contributed by atoms with E-state index in [1.165, 1.54) is 19.3 Å². The minimum Gasteiger partial charge on any atom is -0.480 e. The number of aliphatic carboxylic acids is 1. The Labute approximate surface area is 78.7 Å². The fourth-order valence-electron chi connectivity index (χ4n) is 2.14. The fraction of sp³-hybridized carbons (Fsp3) is 0.900. The summed E-state index contributed by atoms with van der Waals surface area (Å²) in [5.41, 5.74) is 0. The number of hydrogen-bond donors (Lipinski definition) is 1. The van der Waals surface area contributed by atoms with Crippen LogP contribution in [0.2, 0.25) is 0 Å². The summed E-state index contributed by atoms with van der Waals surface area (Å²) in [7, 11) is 1.97. The van der Waals surface area contributed by atoms with Crippen molar-refractivity contribution < 1.29 is 9.90 Å². The van der Waals surface area contributed by atoms with Crippen molar-refractivity contribution in [3.63, 3.8) is 0 Å². The lowest BCUT2D eigenvalue weighted by Crippen LogP contribution is -2.48. The highest BCUT2D eigenvalue weighted by atomic mass is 16.4. The third kappa shape index (κ3) is 1.70. The van der Waals surface area contributed by atoms with Crippen molar-refractivity contribution >= 4 is 5.97 Å². The molecule has 0 amide bonds. The zero-order chi connectivity index (χ0) is 9.42. The lowest BCUT2D eigenvalue weighted by Gasteiger charge is -2.38. The van der Waals surface area contributed by atoms with E-state index in [-0.39, 0.29) is 6.04 Å². The highest BCUT2D eigenvalue weighted by Crippen LogP contribution is 2.38. The monoisotopic (exact) mass is 183 g/mol. The minimum atomic E-state index is -0.628. The van der Waals surface area contributed by atoms with Crippen LogP contribution in [0, 0.1) is 5.92 Å². The largest absolute Gasteiger partial charge is 0.480 e. The van der Waals surface area contributed by atoms with Gasteiger partial charge < -0.3 is 5.11 Å². The molecule has 3 nitrogen and oxygen atoms in total. The van der Waals surface area contributed by atoms with Crippen LogP contribution in [0.5, 0.6) is 0 Å². The predicted molar refractivity (Wildman–Crippen MR) is 49.5 cm³/mol. The molecule has 0 radical (unpaired) electrons. The van der Waals surface area contributed by atoms with E-state index in [9.17, 15) is 4.79 Å². The van der Waals surface area contributed by atoms with Gasteiger partial charge in [-0.25, -0.2) is 0 Å². The SMILES string of the molecule is CN(C1CCC1)C(C(=O)O)C1CC1. The Kier molecular flexibility index (Phi) is 2.28. The lowest BCUT2D eigenvalue weighted by atomic mass is 9.90. The third-order valence-electron chi connectivity index (χ3n) is 3.41. The van der Waals surface area contributed by atoms with E-state index in [2.05, 4.69) is 4.90 Å². The number of rotatable bonds is 4. The lowest BCUT2D eigenvalue weighted by molar-refractivity contribution is -0.145. The molecule has 2 saturated carbocycles. The molecule has 13 heavy (non-hydrogen) atoms. The van der Waals surface area contributed by atoms with Gasteiger partial charge >= 0.3 is 5.97 Å². The molecule has 2 fully saturated rings. The molecular formula is C10H17NO2. The molecule has 0 aromatic rings. The Hall–Kier alpha value is -0.570. The van der Waals surface area contributed by atoms with Crippen LogP contribution < -0.4 is 0 Å². The van der Waals surface area contributed by atoms with Crippen LogP contribution in [0.4, 0.5) is 0 Å². The van der Waals surface area contributed by atoms with Crippen LogP contribution in [0.25, 0.3) is 0 Å². The molecule has 2 aliphatic rings. The van der Waals surface area contributed by atoms with Gasteiger partial charge in [0.1, 0.15) is 6.04 Å². The maximum Gasteiger partial charge on any atom is 0.321 e. The van der Waals surface area contributed by atoms with Gasteiger partial charge in [-0.3, -0.25) is 9.69 Å². The molecule has 2 rings (SSSR count). The number of carboxylic acid groups (broad SMARTS) is 1. The van der Waals surface area contributed by atoms with Gasteiger partial charge in [-0.05, 0) is 38.6 Å². The van der Waals surface area contributed by atoms with Crippen molar-refractivity contribution in [1.29, 1.82) is 0 Å². The van der Waals surface area contributed by atoms with Gasteiger partial charge in [-0.1, -0.05) is 6.42 Å². The Morgan fingerprint density at radius 2 is 2.00 bits per heavy atom. The summed E-state index contributed by atoms with van der Waals surface area (Å²) in [6.45, 7) is 0. The summed E-state index contributed by atoms with van der Waals surface area (Å²) in [5, 5.41) is 9.08. The number of carbonyl (C=O) groups is 1. The molecule has 0 bridgehead atoms. The summed E-state index contributed by atoms with van der Waals surface area (Å²) in [5.74, 6) is -0.194. The molecule has 0 aliphatic heterocycles. The average Bonchev–Trinajstić information content (AvgIpc) is 2.65. The summed E-state index contributed by atoms with van der Waals surface area (Å²) in [6.07, 6.45) is 5.86. The number of nitrogens with zero attached hydrogens (tertiary/aromatic N) is 1. The Morgan fingerprint density at radius 1 is 1.38 bits per heavy atom. The van der Waals surface area contributed by atoms with E-state index in [1.807, 2.05) is 7.05 Å². The Morgan fingerprint density at radius 3 is 2.31 bits per heavy atom. The molecule has 74 valence electrons. The molecule has 1 N–H and O–H groups in total. The van der Waals surface area contributed by atoms with E-state index in [0.717, 1.165) is 12.8 Å². The molecule has 1 atom stereocenters. The highest BCUT2D eigenvalue weighted by Gasteiger charge is 2.41. The van der Waals surface area contributed by atoms with Gasteiger partial charge in [0.05, 0.1) is 0 Å². The van der Waals surface area contributed by atoms with E-state index in [0.29, 0.717) is 12.0 Å². The summed E-state index contributed by atoms with van der Waals surface area (Å²) in [6, 6.07) is 0.340. The normalized spacial score (nSPS) is 25.7. The third-order valence-corrected chi connectivity index (χ3v) is 3.41. The van der Waals surface area contributed by atoms with Gasteiger partial charge in [-0.2, -0.15) is 0 Å². The Bertz CT molecular complexity index is 209. The smallest absolute Gasteiger partial charge is 0.321 e. The van der Waals surface area contributed by atoms with Crippen LogP contribution in [-0.2, 0) is 4.79 Å². The number of hydrogen-bond acceptors (Lipinski definition) is 2. The maximum absolute atomic E-state index is 11.0. The van der Waals surface area contributed by atoms with Crippen molar-refractivity contribution in [2.24, 2.45) is 5.92 Å². The second kappa shape index (κ2) is 3.29. The zero-order valence-corrected chi connectivity index (χ0v) is 8.07. The molecule has 0 saturated heterocycles. The molecule has 0 aromatic carbocycles. The Balaban J connectivity index is 1.96. The second-order valence-electron chi connectivity index (χ2n) is 4.37. The fourth-order valence-corrected chi connectivity index (χ4v) is 2.14. The van der Waals surface area contributed by atoms with Crippen LogP contribution in [0.15, 0.2) is 0 Å². The molecular weight excluding hydrogens is 166 g/mol. The van der Waals surface area contributed by atoms with Crippen LogP contribution in [0.1, 0.15) is 32.1 Å². The quantitative estimate of drug-likeness (QED) is 0.715. The van der Waals surface area contributed by atoms with Gasteiger partial charge in [0.15, 0.2) is 0 Å². The van der Waals surface area contributed by atoms with Crippen molar-refractivity contribution in [3.8, 4) is 0 Å². The minimum absolute atomic E-state index is 0.203. The summed E-state index contributed by atoms with van der Waals surface area (Å²) in [4.78, 5) is 13.1. The molecule has 3 heteroatoms. The first-order chi connectivity index (χ1) is 6.20. The van der Waals surface area contributed by atoms with Gasteiger partial charge in [0.2, 0.25) is 0 Å². The van der Waals surface area contributed by atoms with Gasteiger partial charge in [-0.15, -0.1) is 0 Å². The van der Waals surface area contributed by atoms with Crippen molar-refractivity contribution in [2.45, 2.75) is 44.2 Å². The molecule has 1 unspecified atom stereocenters. The second-order valence-corrected chi connectivity index (χ2v) is 4.37.